The Bertz CT molecular complexity index is 1440. The van der Waals surface area contributed by atoms with Gasteiger partial charge in [-0.15, -0.1) is 11.3 Å². The first kappa shape index (κ1) is 35.5. The van der Waals surface area contributed by atoms with Crippen LogP contribution in [0.1, 0.15) is 52.9 Å². The van der Waals surface area contributed by atoms with Crippen molar-refractivity contribution < 1.29 is 8.85 Å². The van der Waals surface area contributed by atoms with E-state index in [0.717, 1.165) is 37.1 Å². The van der Waals surface area contributed by atoms with E-state index in [1.54, 1.807) is 23.7 Å². The van der Waals surface area contributed by atoms with Crippen molar-refractivity contribution in [3.05, 3.63) is 69.3 Å². The zero-order valence-corrected chi connectivity index (χ0v) is 32.1. The van der Waals surface area contributed by atoms with E-state index < -0.39 is 16.6 Å². The molecular formula is C30H45BrN6O2S2Si2. The zero-order valence-electron chi connectivity index (χ0n) is 26.9. The van der Waals surface area contributed by atoms with E-state index in [2.05, 4.69) is 114 Å². The molecule has 0 amide bonds. The molecule has 2 N–H and O–H groups in total. The van der Waals surface area contributed by atoms with Gasteiger partial charge >= 0.3 is 0 Å². The fourth-order valence-corrected chi connectivity index (χ4v) is 6.55. The van der Waals surface area contributed by atoms with Crippen molar-refractivity contribution in [2.45, 2.75) is 91.0 Å². The zero-order chi connectivity index (χ0) is 31.9. The summed E-state index contributed by atoms with van der Waals surface area (Å²) in [6.45, 7) is 23.6. The summed E-state index contributed by atoms with van der Waals surface area (Å²) in [7, 11) is -3.49. The first-order valence-corrected chi connectivity index (χ1v) is 22.5. The Balaban J connectivity index is 0.000000236. The van der Waals surface area contributed by atoms with Crippen LogP contribution in [-0.2, 0) is 22.1 Å². The molecule has 0 saturated carbocycles. The Morgan fingerprint density at radius 2 is 1.23 bits per heavy atom. The lowest BCUT2D eigenvalue weighted by molar-refractivity contribution is 0.272. The highest BCUT2D eigenvalue weighted by Crippen LogP contribution is 2.38. The molecule has 0 aromatic carbocycles. The first-order valence-electron chi connectivity index (χ1n) is 14.2. The summed E-state index contributed by atoms with van der Waals surface area (Å²) in [5.41, 5.74) is 1.88. The Kier molecular flexibility index (Phi) is 12.2. The highest BCUT2D eigenvalue weighted by atomic mass is 79.9. The van der Waals surface area contributed by atoms with Gasteiger partial charge in [0.05, 0.1) is 34.6 Å². The van der Waals surface area contributed by atoms with Crippen LogP contribution in [0.2, 0.25) is 36.3 Å². The summed E-state index contributed by atoms with van der Waals surface area (Å²) in [6, 6.07) is 11.9. The number of pyridine rings is 2. The van der Waals surface area contributed by atoms with Crippen LogP contribution in [0.25, 0.3) is 0 Å². The molecule has 13 heteroatoms. The van der Waals surface area contributed by atoms with Gasteiger partial charge in [0.15, 0.2) is 26.9 Å². The number of nitrogens with zero attached hydrogens (tertiary/aromatic N) is 4. The van der Waals surface area contributed by atoms with E-state index in [1.165, 1.54) is 11.3 Å². The smallest absolute Gasteiger partial charge is 0.192 e. The molecule has 0 unspecified atom stereocenters. The lowest BCUT2D eigenvalue weighted by atomic mass is 10.2. The normalized spacial score (nSPS) is 12.4. The van der Waals surface area contributed by atoms with E-state index in [0.29, 0.717) is 13.2 Å². The fraction of sp³-hybridized carbons (Fsp3) is 0.467. The van der Waals surface area contributed by atoms with Crippen molar-refractivity contribution in [1.29, 1.82) is 0 Å². The van der Waals surface area contributed by atoms with Gasteiger partial charge in [0.25, 0.3) is 0 Å². The fourth-order valence-electron chi connectivity index (χ4n) is 3.02. The standard InChI is InChI=1S/C15H22BrN3OSSi.C15H23N3OSSi/c1-15(2,3)22(4,5)20-10-11-7-6-8-13(18-11)19-14-17-9-12(16)21-14;1-15(2,3)21(4,5)19-11-12-7-6-8-13(17-12)18-14-16-9-10-20-14/h6-9H,10H2,1-5H3,(H,17,18,19);6-10H,11H2,1-5H3,(H,16,17,18). The molecule has 4 rings (SSSR count). The van der Waals surface area contributed by atoms with Gasteiger partial charge < -0.3 is 19.5 Å². The quantitative estimate of drug-likeness (QED) is 0.156. The highest BCUT2D eigenvalue weighted by Gasteiger charge is 2.38. The topological polar surface area (TPSA) is 94.1 Å². The molecule has 0 fully saturated rings. The van der Waals surface area contributed by atoms with Gasteiger partial charge in [-0.3, -0.25) is 0 Å². The SMILES string of the molecule is CC(C)(C)[Si](C)(C)OCc1cccc(Nc2ncc(Br)s2)n1.CC(C)(C)[Si](C)(C)OCc1cccc(Nc2nccs2)n1. The van der Waals surface area contributed by atoms with Gasteiger partial charge in [0, 0.05) is 11.6 Å². The molecule has 0 aliphatic carbocycles. The maximum absolute atomic E-state index is 6.22. The van der Waals surface area contributed by atoms with Crippen LogP contribution in [0.3, 0.4) is 0 Å². The molecule has 8 nitrogen and oxygen atoms in total. The van der Waals surface area contributed by atoms with Crippen LogP contribution < -0.4 is 10.6 Å². The van der Waals surface area contributed by atoms with E-state index >= 15 is 0 Å². The highest BCUT2D eigenvalue weighted by molar-refractivity contribution is 9.11. The Morgan fingerprint density at radius 3 is 1.63 bits per heavy atom. The second-order valence-electron chi connectivity index (χ2n) is 13.2. The van der Waals surface area contributed by atoms with Crippen LogP contribution in [0.4, 0.5) is 21.9 Å². The minimum absolute atomic E-state index is 0.204. The molecule has 0 aliphatic heterocycles. The molecular weight excluding hydrogens is 677 g/mol. The van der Waals surface area contributed by atoms with Crippen LogP contribution in [-0.4, -0.2) is 36.6 Å². The molecule has 234 valence electrons. The lowest BCUT2D eigenvalue weighted by Crippen LogP contribution is -2.40. The average Bonchev–Trinajstić information content (AvgIpc) is 3.57. The van der Waals surface area contributed by atoms with Crippen LogP contribution in [0.5, 0.6) is 0 Å². The molecule has 0 atom stereocenters. The van der Waals surface area contributed by atoms with Crippen molar-refractivity contribution in [3.8, 4) is 0 Å². The molecule has 0 spiro atoms. The molecule has 0 bridgehead atoms. The number of halogens is 1. The lowest BCUT2D eigenvalue weighted by Gasteiger charge is -2.36. The van der Waals surface area contributed by atoms with Crippen molar-refractivity contribution in [2.24, 2.45) is 0 Å². The maximum atomic E-state index is 6.22. The Hall–Kier alpha value is -2.01. The predicted molar refractivity (Wildman–Crippen MR) is 191 cm³/mol. The summed E-state index contributed by atoms with van der Waals surface area (Å²) >= 11 is 6.50. The number of nitrogens with one attached hydrogen (secondary N) is 2. The third-order valence-electron chi connectivity index (χ3n) is 7.77. The number of hydrogen-bond acceptors (Lipinski definition) is 10. The summed E-state index contributed by atoms with van der Waals surface area (Å²) in [5.74, 6) is 1.60. The maximum Gasteiger partial charge on any atom is 0.192 e. The molecule has 0 aliphatic rings. The van der Waals surface area contributed by atoms with Crippen LogP contribution in [0.15, 0.2) is 58.0 Å². The summed E-state index contributed by atoms with van der Waals surface area (Å²) in [4.78, 5) is 17.6. The molecule has 43 heavy (non-hydrogen) atoms. The number of aromatic nitrogens is 4. The number of anilines is 4. The first-order chi connectivity index (χ1) is 19.9. The van der Waals surface area contributed by atoms with Gasteiger partial charge in [-0.05, 0) is 76.5 Å². The second-order valence-corrected chi connectivity index (χ2v) is 26.1. The number of rotatable bonds is 10. The van der Waals surface area contributed by atoms with Gasteiger partial charge in [-0.25, -0.2) is 19.9 Å². The van der Waals surface area contributed by atoms with Crippen LogP contribution >= 0.6 is 38.6 Å². The minimum Gasteiger partial charge on any atom is -0.411 e. The Morgan fingerprint density at radius 1 is 0.744 bits per heavy atom. The largest absolute Gasteiger partial charge is 0.411 e. The monoisotopic (exact) mass is 720 g/mol. The number of thiazole rings is 2. The van der Waals surface area contributed by atoms with E-state index in [-0.39, 0.29) is 10.1 Å². The van der Waals surface area contributed by atoms with Crippen molar-refractivity contribution in [2.75, 3.05) is 10.6 Å². The predicted octanol–water partition coefficient (Wildman–Crippen LogP) is 10.4. The minimum atomic E-state index is -1.75. The third kappa shape index (κ3) is 11.1. The summed E-state index contributed by atoms with van der Waals surface area (Å²) in [6.07, 6.45) is 3.55. The number of hydrogen-bond donors (Lipinski definition) is 2. The summed E-state index contributed by atoms with van der Waals surface area (Å²) < 4.78 is 13.4. The van der Waals surface area contributed by atoms with Crippen molar-refractivity contribution in [1.82, 2.24) is 19.9 Å². The van der Waals surface area contributed by atoms with Gasteiger partial charge in [-0.1, -0.05) is 65.0 Å². The van der Waals surface area contributed by atoms with E-state index in [4.69, 9.17) is 8.85 Å². The van der Waals surface area contributed by atoms with E-state index in [9.17, 15) is 0 Å². The molecule has 4 aromatic heterocycles. The van der Waals surface area contributed by atoms with Crippen molar-refractivity contribution >= 4 is 77.1 Å². The van der Waals surface area contributed by atoms with E-state index in [1.807, 2.05) is 41.8 Å². The molecule has 4 aromatic rings. The van der Waals surface area contributed by atoms with Crippen molar-refractivity contribution in [3.63, 3.8) is 0 Å². The van der Waals surface area contributed by atoms with Gasteiger partial charge in [0.2, 0.25) is 0 Å². The molecule has 0 saturated heterocycles. The van der Waals surface area contributed by atoms with Gasteiger partial charge in [0.1, 0.15) is 11.6 Å². The summed E-state index contributed by atoms with van der Waals surface area (Å²) in [5, 5.41) is 10.4. The van der Waals surface area contributed by atoms with Gasteiger partial charge in [-0.2, -0.15) is 0 Å². The second kappa shape index (κ2) is 14.8. The van der Waals surface area contributed by atoms with Crippen LogP contribution in [0, 0.1) is 0 Å². The molecule has 0 radical (unpaired) electrons. The third-order valence-corrected chi connectivity index (χ3v) is 18.8. The Labute approximate surface area is 275 Å². The molecule has 4 heterocycles. The average molecular weight is 722 g/mol.